The summed E-state index contributed by atoms with van der Waals surface area (Å²) in [6.45, 7) is 0. The van der Waals surface area contributed by atoms with Crippen LogP contribution in [-0.2, 0) is 0 Å². The maximum Gasteiger partial charge on any atom is 0.573 e. The summed E-state index contributed by atoms with van der Waals surface area (Å²) in [6, 6.07) is 8.69. The quantitative estimate of drug-likeness (QED) is 0.853. The van der Waals surface area contributed by atoms with Gasteiger partial charge < -0.3 is 20.3 Å². The molecule has 134 valence electrons. The number of alkyl halides is 3. The molecule has 2 rings (SSSR count). The van der Waals surface area contributed by atoms with Gasteiger partial charge in [0.1, 0.15) is 5.75 Å². The Morgan fingerprint density at radius 1 is 1.16 bits per heavy atom. The summed E-state index contributed by atoms with van der Waals surface area (Å²) in [6.07, 6.45) is -4.79. The van der Waals surface area contributed by atoms with Crippen LogP contribution in [0.4, 0.5) is 13.2 Å². The molecule has 25 heavy (non-hydrogen) atoms. The minimum atomic E-state index is -4.79. The molecule has 0 spiro atoms. The molecule has 0 unspecified atom stereocenters. The molecule has 0 aliphatic heterocycles. The summed E-state index contributed by atoms with van der Waals surface area (Å²) in [5.74, 6) is -0.551. The molecular formula is C16H14ClF3N2O3. The fourth-order valence-corrected chi connectivity index (χ4v) is 2.21. The van der Waals surface area contributed by atoms with Gasteiger partial charge in [0.05, 0.1) is 24.8 Å². The van der Waals surface area contributed by atoms with E-state index in [1.807, 2.05) is 6.07 Å². The second kappa shape index (κ2) is 7.96. The Kier molecular flexibility index (Phi) is 6.50. The largest absolute Gasteiger partial charge is 0.573 e. The van der Waals surface area contributed by atoms with E-state index in [2.05, 4.69) is 4.74 Å². The number of hydrogen-bond donors (Lipinski definition) is 2. The van der Waals surface area contributed by atoms with Gasteiger partial charge in [-0.15, -0.1) is 25.6 Å². The van der Waals surface area contributed by atoms with E-state index >= 15 is 0 Å². The van der Waals surface area contributed by atoms with Crippen LogP contribution in [0.15, 0.2) is 36.4 Å². The molecule has 0 heterocycles. The van der Waals surface area contributed by atoms with Crippen molar-refractivity contribution in [3.8, 4) is 23.3 Å². The van der Waals surface area contributed by atoms with E-state index in [9.17, 15) is 23.5 Å². The molecule has 0 amide bonds. The summed E-state index contributed by atoms with van der Waals surface area (Å²) in [4.78, 5) is 0. The highest BCUT2D eigenvalue weighted by Gasteiger charge is 2.31. The maximum absolute atomic E-state index is 12.2. The number of phenols is 1. The number of nitrogens with zero attached hydrogens (tertiary/aromatic N) is 1. The average Bonchev–Trinajstić information content (AvgIpc) is 2.53. The second-order valence-corrected chi connectivity index (χ2v) is 4.78. The van der Waals surface area contributed by atoms with Crippen molar-refractivity contribution in [2.45, 2.75) is 12.4 Å². The van der Waals surface area contributed by atoms with Crippen LogP contribution in [0.5, 0.6) is 17.2 Å². The lowest BCUT2D eigenvalue weighted by atomic mass is 9.94. The minimum absolute atomic E-state index is 0. The highest BCUT2D eigenvalue weighted by Crippen LogP contribution is 2.38. The van der Waals surface area contributed by atoms with Crippen molar-refractivity contribution in [2.75, 3.05) is 7.11 Å². The Labute approximate surface area is 147 Å². The zero-order valence-electron chi connectivity index (χ0n) is 12.9. The van der Waals surface area contributed by atoms with Gasteiger partial charge in [-0.1, -0.05) is 12.1 Å². The summed E-state index contributed by atoms with van der Waals surface area (Å²) >= 11 is 0. The predicted molar refractivity (Wildman–Crippen MR) is 85.8 cm³/mol. The number of aromatic hydroxyl groups is 1. The molecule has 2 aromatic carbocycles. The standard InChI is InChI=1S/C16H13F3N2O3.ClH/c1-23-12-7-4-10(8-20)13(15(12)22)14(21)9-2-5-11(6-3-9)24-16(17,18)19;/h2-7,14,22H,21H2,1H3;1H/t14-;/m0./s1. The van der Waals surface area contributed by atoms with E-state index in [-0.39, 0.29) is 35.0 Å². The number of nitriles is 1. The van der Waals surface area contributed by atoms with Crippen LogP contribution in [0.3, 0.4) is 0 Å². The van der Waals surface area contributed by atoms with Gasteiger partial charge in [0.15, 0.2) is 11.5 Å². The molecule has 3 N–H and O–H groups in total. The third-order valence-electron chi connectivity index (χ3n) is 3.30. The van der Waals surface area contributed by atoms with Gasteiger partial charge in [-0.05, 0) is 29.8 Å². The van der Waals surface area contributed by atoms with Crippen molar-refractivity contribution in [1.29, 1.82) is 5.26 Å². The van der Waals surface area contributed by atoms with Gasteiger partial charge in [-0.3, -0.25) is 0 Å². The molecule has 9 heteroatoms. The third kappa shape index (κ3) is 4.68. The molecule has 5 nitrogen and oxygen atoms in total. The zero-order chi connectivity index (χ0) is 17.9. The van der Waals surface area contributed by atoms with Crippen molar-refractivity contribution in [3.05, 3.63) is 53.1 Å². The number of halogens is 4. The topological polar surface area (TPSA) is 88.5 Å². The summed E-state index contributed by atoms with van der Waals surface area (Å²) in [7, 11) is 1.35. The van der Waals surface area contributed by atoms with Crippen molar-refractivity contribution in [3.63, 3.8) is 0 Å². The Morgan fingerprint density at radius 3 is 2.24 bits per heavy atom. The maximum atomic E-state index is 12.2. The van der Waals surface area contributed by atoms with Crippen LogP contribution in [-0.4, -0.2) is 18.6 Å². The van der Waals surface area contributed by atoms with Gasteiger partial charge >= 0.3 is 6.36 Å². The lowest BCUT2D eigenvalue weighted by molar-refractivity contribution is -0.274. The molecule has 1 atom stereocenters. The number of ether oxygens (including phenoxy) is 2. The summed E-state index contributed by atoms with van der Waals surface area (Å²) in [5.41, 5.74) is 6.72. The van der Waals surface area contributed by atoms with Crippen LogP contribution < -0.4 is 15.2 Å². The minimum Gasteiger partial charge on any atom is -0.504 e. The second-order valence-electron chi connectivity index (χ2n) is 4.78. The lowest BCUT2D eigenvalue weighted by Crippen LogP contribution is -2.17. The number of hydrogen-bond acceptors (Lipinski definition) is 5. The monoisotopic (exact) mass is 374 g/mol. The smallest absolute Gasteiger partial charge is 0.504 e. The van der Waals surface area contributed by atoms with Crippen LogP contribution in [0.25, 0.3) is 0 Å². The van der Waals surface area contributed by atoms with E-state index in [0.29, 0.717) is 5.56 Å². The first-order valence-electron chi connectivity index (χ1n) is 6.68. The Bertz CT molecular complexity index is 774. The Balaban J connectivity index is 0.00000312. The zero-order valence-corrected chi connectivity index (χ0v) is 13.7. The Morgan fingerprint density at radius 2 is 1.76 bits per heavy atom. The van der Waals surface area contributed by atoms with E-state index in [0.717, 1.165) is 12.1 Å². The molecule has 0 saturated heterocycles. The molecule has 0 radical (unpaired) electrons. The van der Waals surface area contributed by atoms with E-state index in [4.69, 9.17) is 10.5 Å². The van der Waals surface area contributed by atoms with Gasteiger partial charge in [-0.25, -0.2) is 0 Å². The molecule has 0 aromatic heterocycles. The summed E-state index contributed by atoms with van der Waals surface area (Å²) < 4.78 is 45.3. The highest BCUT2D eigenvalue weighted by atomic mass is 35.5. The van der Waals surface area contributed by atoms with Crippen molar-refractivity contribution < 1.29 is 27.8 Å². The van der Waals surface area contributed by atoms with Crippen molar-refractivity contribution in [2.24, 2.45) is 5.73 Å². The lowest BCUT2D eigenvalue weighted by Gasteiger charge is -2.18. The number of rotatable bonds is 4. The number of nitrogens with two attached hydrogens (primary N) is 1. The van der Waals surface area contributed by atoms with Crippen LogP contribution in [0.1, 0.15) is 22.7 Å². The van der Waals surface area contributed by atoms with Gasteiger partial charge in [0.25, 0.3) is 0 Å². The first-order chi connectivity index (χ1) is 11.3. The van der Waals surface area contributed by atoms with Crippen LogP contribution in [0, 0.1) is 11.3 Å². The number of methoxy groups -OCH3 is 1. The van der Waals surface area contributed by atoms with Gasteiger partial charge in [-0.2, -0.15) is 5.26 Å². The molecule has 0 saturated carbocycles. The number of phenolic OH excluding ortho intramolecular Hbond substituents is 1. The van der Waals surface area contributed by atoms with Gasteiger partial charge in [0, 0.05) is 5.56 Å². The molecule has 0 bridgehead atoms. The van der Waals surface area contributed by atoms with Crippen LogP contribution in [0.2, 0.25) is 0 Å². The van der Waals surface area contributed by atoms with E-state index in [1.54, 1.807) is 0 Å². The van der Waals surface area contributed by atoms with Crippen molar-refractivity contribution in [1.82, 2.24) is 0 Å². The fourth-order valence-electron chi connectivity index (χ4n) is 2.21. The van der Waals surface area contributed by atoms with Gasteiger partial charge in [0.2, 0.25) is 0 Å². The van der Waals surface area contributed by atoms with Crippen molar-refractivity contribution >= 4 is 12.4 Å². The SMILES string of the molecule is COc1ccc(C#N)c([C@@H](N)c2ccc(OC(F)(F)F)cc2)c1O.Cl. The van der Waals surface area contributed by atoms with E-state index < -0.39 is 18.2 Å². The molecular weight excluding hydrogens is 361 g/mol. The Hall–Kier alpha value is -2.63. The average molecular weight is 375 g/mol. The fraction of sp³-hybridized carbons (Fsp3) is 0.188. The molecule has 0 aliphatic rings. The normalized spacial score (nSPS) is 11.8. The van der Waals surface area contributed by atoms with Crippen LogP contribution >= 0.6 is 12.4 Å². The highest BCUT2D eigenvalue weighted by molar-refractivity contribution is 5.85. The molecule has 0 fully saturated rings. The number of benzene rings is 2. The predicted octanol–water partition coefficient (Wildman–Crippen LogP) is 3.64. The summed E-state index contributed by atoms with van der Waals surface area (Å²) in [5, 5.41) is 19.4. The first-order valence-corrected chi connectivity index (χ1v) is 6.68. The molecule has 2 aromatic rings. The molecule has 0 aliphatic carbocycles. The third-order valence-corrected chi connectivity index (χ3v) is 3.30. The first kappa shape index (κ1) is 20.4. The van der Waals surface area contributed by atoms with E-state index in [1.165, 1.54) is 31.4 Å².